The lowest BCUT2D eigenvalue weighted by molar-refractivity contribution is 0.0750. The van der Waals surface area contributed by atoms with Crippen molar-refractivity contribution in [3.63, 3.8) is 0 Å². The predicted octanol–water partition coefficient (Wildman–Crippen LogP) is 3.60. The van der Waals surface area contributed by atoms with E-state index in [1.165, 1.54) is 31.0 Å². The van der Waals surface area contributed by atoms with Crippen LogP contribution in [0, 0.1) is 11.3 Å². The maximum atomic E-state index is 3.60. The fraction of sp³-hybridized carbons (Fsp3) is 1.00. The molecule has 0 heterocycles. The summed E-state index contributed by atoms with van der Waals surface area (Å²) in [4.78, 5) is 0. The average molecular weight is 205 g/mol. The molecule has 1 aliphatic carbocycles. The van der Waals surface area contributed by atoms with Crippen molar-refractivity contribution in [1.82, 2.24) is 0 Å². The highest BCUT2D eigenvalue weighted by Crippen LogP contribution is 2.50. The van der Waals surface area contributed by atoms with Gasteiger partial charge in [0.1, 0.15) is 0 Å². The summed E-state index contributed by atoms with van der Waals surface area (Å²) >= 11 is 3.60. The predicted molar refractivity (Wildman–Crippen MR) is 49.5 cm³/mol. The molecule has 1 fully saturated rings. The van der Waals surface area contributed by atoms with Crippen LogP contribution in [0.5, 0.6) is 0 Å². The molecule has 0 aromatic carbocycles. The second kappa shape index (κ2) is 3.25. The number of rotatable bonds is 3. The van der Waals surface area contributed by atoms with E-state index in [4.69, 9.17) is 0 Å². The Balaban J connectivity index is 2.31. The molecule has 0 aromatic heterocycles. The van der Waals surface area contributed by atoms with Crippen molar-refractivity contribution < 1.29 is 0 Å². The summed E-state index contributed by atoms with van der Waals surface area (Å²) in [5, 5.41) is 1.22. The zero-order valence-corrected chi connectivity index (χ0v) is 8.58. The van der Waals surface area contributed by atoms with E-state index in [9.17, 15) is 0 Å². The first-order valence-electron chi connectivity index (χ1n) is 4.32. The van der Waals surface area contributed by atoms with Crippen LogP contribution >= 0.6 is 15.9 Å². The molecule has 0 atom stereocenters. The molecule has 0 bridgehead atoms. The van der Waals surface area contributed by atoms with Crippen molar-refractivity contribution in [2.24, 2.45) is 11.3 Å². The van der Waals surface area contributed by atoms with E-state index in [0.717, 1.165) is 5.92 Å². The monoisotopic (exact) mass is 204 g/mol. The van der Waals surface area contributed by atoms with Gasteiger partial charge >= 0.3 is 0 Å². The van der Waals surface area contributed by atoms with Crippen LogP contribution in [0.15, 0.2) is 0 Å². The van der Waals surface area contributed by atoms with Gasteiger partial charge in [0.25, 0.3) is 0 Å². The lowest BCUT2D eigenvalue weighted by Gasteiger charge is -2.46. The first kappa shape index (κ1) is 8.58. The summed E-state index contributed by atoms with van der Waals surface area (Å²) in [6, 6.07) is 0. The largest absolute Gasteiger partial charge is 0.0922 e. The number of halogens is 1. The quantitative estimate of drug-likeness (QED) is 0.617. The molecule has 0 amide bonds. The van der Waals surface area contributed by atoms with Crippen LogP contribution in [0.2, 0.25) is 0 Å². The van der Waals surface area contributed by atoms with Gasteiger partial charge in [0.05, 0.1) is 0 Å². The van der Waals surface area contributed by atoms with Crippen molar-refractivity contribution in [3.8, 4) is 0 Å². The third kappa shape index (κ3) is 1.39. The van der Waals surface area contributed by atoms with E-state index >= 15 is 0 Å². The lowest BCUT2D eigenvalue weighted by atomic mass is 9.61. The van der Waals surface area contributed by atoms with E-state index in [1.807, 2.05) is 0 Å². The fourth-order valence-corrected chi connectivity index (χ4v) is 2.80. The maximum Gasteiger partial charge on any atom is 0.00880 e. The molecule has 0 saturated heterocycles. The molecule has 0 aliphatic heterocycles. The minimum absolute atomic E-state index is 0.695. The lowest BCUT2D eigenvalue weighted by Crippen LogP contribution is -2.37. The fourth-order valence-electron chi connectivity index (χ4n) is 1.95. The van der Waals surface area contributed by atoms with Crippen LogP contribution in [0.4, 0.5) is 0 Å². The maximum absolute atomic E-state index is 3.60. The minimum Gasteiger partial charge on any atom is -0.0922 e. The third-order valence-electron chi connectivity index (χ3n) is 3.05. The van der Waals surface area contributed by atoms with Crippen LogP contribution in [0.3, 0.4) is 0 Å². The molecule has 60 valence electrons. The molecule has 1 rings (SSSR count). The first-order chi connectivity index (χ1) is 4.76. The van der Waals surface area contributed by atoms with Gasteiger partial charge < -0.3 is 0 Å². The van der Waals surface area contributed by atoms with Gasteiger partial charge in [0.15, 0.2) is 0 Å². The van der Waals surface area contributed by atoms with Gasteiger partial charge in [-0.05, 0) is 30.6 Å². The Kier molecular flexibility index (Phi) is 2.79. The normalized spacial score (nSPS) is 39.3. The molecule has 1 aliphatic rings. The highest BCUT2D eigenvalue weighted by Gasteiger charge is 2.40. The molecule has 1 saturated carbocycles. The van der Waals surface area contributed by atoms with Gasteiger partial charge in [-0.1, -0.05) is 36.2 Å². The van der Waals surface area contributed by atoms with Crippen molar-refractivity contribution in [2.45, 2.75) is 39.5 Å². The Morgan fingerprint density at radius 1 is 1.40 bits per heavy atom. The molecule has 0 spiro atoms. The minimum atomic E-state index is 0.695. The SMILES string of the molecule is CCC1CC(CC)(CBr)C1. The third-order valence-corrected chi connectivity index (χ3v) is 4.24. The molecule has 0 radical (unpaired) electrons. The first-order valence-corrected chi connectivity index (χ1v) is 5.44. The Bertz CT molecular complexity index is 97.3. The standard InChI is InChI=1S/C9H17Br/c1-3-8-5-9(4-2,6-8)7-10/h8H,3-7H2,1-2H3. The van der Waals surface area contributed by atoms with Gasteiger partial charge in [-0.15, -0.1) is 0 Å². The summed E-state index contributed by atoms with van der Waals surface area (Å²) in [7, 11) is 0. The van der Waals surface area contributed by atoms with Crippen LogP contribution < -0.4 is 0 Å². The number of hydrogen-bond donors (Lipinski definition) is 0. The van der Waals surface area contributed by atoms with Crippen LogP contribution in [-0.2, 0) is 0 Å². The summed E-state index contributed by atoms with van der Waals surface area (Å²) in [5.74, 6) is 1.04. The van der Waals surface area contributed by atoms with E-state index in [1.54, 1.807) is 0 Å². The molecule has 10 heavy (non-hydrogen) atoms. The Labute approximate surface area is 72.5 Å². The molecule has 0 aromatic rings. The Hall–Kier alpha value is 0.480. The van der Waals surface area contributed by atoms with Gasteiger partial charge in [-0.25, -0.2) is 0 Å². The van der Waals surface area contributed by atoms with Crippen LogP contribution in [0.1, 0.15) is 39.5 Å². The van der Waals surface area contributed by atoms with E-state index in [-0.39, 0.29) is 0 Å². The second-order valence-electron chi connectivity index (χ2n) is 3.67. The summed E-state index contributed by atoms with van der Waals surface area (Å²) in [5.41, 5.74) is 0.695. The summed E-state index contributed by atoms with van der Waals surface area (Å²) in [6.07, 6.45) is 5.67. The van der Waals surface area contributed by atoms with Crippen LogP contribution in [0.25, 0.3) is 0 Å². The molecule has 0 unspecified atom stereocenters. The highest BCUT2D eigenvalue weighted by atomic mass is 79.9. The van der Waals surface area contributed by atoms with Crippen molar-refractivity contribution >= 4 is 15.9 Å². The Morgan fingerprint density at radius 2 is 2.00 bits per heavy atom. The van der Waals surface area contributed by atoms with E-state index in [2.05, 4.69) is 29.8 Å². The van der Waals surface area contributed by atoms with Gasteiger partial charge in [0.2, 0.25) is 0 Å². The number of hydrogen-bond acceptors (Lipinski definition) is 0. The Morgan fingerprint density at radius 3 is 2.30 bits per heavy atom. The van der Waals surface area contributed by atoms with Crippen molar-refractivity contribution in [1.29, 1.82) is 0 Å². The highest BCUT2D eigenvalue weighted by molar-refractivity contribution is 9.09. The van der Waals surface area contributed by atoms with E-state index in [0.29, 0.717) is 5.41 Å². The second-order valence-corrected chi connectivity index (χ2v) is 4.23. The topological polar surface area (TPSA) is 0 Å². The zero-order chi connectivity index (χ0) is 7.61. The molecular formula is C9H17Br. The van der Waals surface area contributed by atoms with E-state index < -0.39 is 0 Å². The zero-order valence-electron chi connectivity index (χ0n) is 6.99. The van der Waals surface area contributed by atoms with Gasteiger partial charge in [-0.3, -0.25) is 0 Å². The van der Waals surface area contributed by atoms with Gasteiger partial charge in [-0.2, -0.15) is 0 Å². The van der Waals surface area contributed by atoms with Crippen LogP contribution in [-0.4, -0.2) is 5.33 Å². The number of alkyl halides is 1. The molecule has 0 nitrogen and oxygen atoms in total. The van der Waals surface area contributed by atoms with Crippen molar-refractivity contribution in [2.75, 3.05) is 5.33 Å². The summed E-state index contributed by atoms with van der Waals surface area (Å²) < 4.78 is 0. The van der Waals surface area contributed by atoms with Gasteiger partial charge in [0, 0.05) is 5.33 Å². The summed E-state index contributed by atoms with van der Waals surface area (Å²) in [6.45, 7) is 4.62. The van der Waals surface area contributed by atoms with Crippen molar-refractivity contribution in [3.05, 3.63) is 0 Å². The average Bonchev–Trinajstić information content (AvgIpc) is 1.89. The smallest absolute Gasteiger partial charge is 0.00880 e. The molecule has 0 N–H and O–H groups in total. The molecular weight excluding hydrogens is 188 g/mol. The molecule has 1 heteroatoms.